The van der Waals surface area contributed by atoms with E-state index in [4.69, 9.17) is 4.74 Å². The number of piperidine rings is 1. The lowest BCUT2D eigenvalue weighted by molar-refractivity contribution is -0.144. The molecule has 110 valence electrons. The van der Waals surface area contributed by atoms with Gasteiger partial charge < -0.3 is 9.64 Å². The molecule has 1 atom stereocenters. The molecule has 1 saturated heterocycles. The number of methoxy groups -OCH3 is 1. The van der Waals surface area contributed by atoms with Crippen LogP contribution in [-0.4, -0.2) is 42.2 Å². The highest BCUT2D eigenvalue weighted by Gasteiger charge is 2.28. The molecule has 0 radical (unpaired) electrons. The molecule has 1 amide bonds. The first-order valence-electron chi connectivity index (χ1n) is 6.73. The number of amides is 1. The largest absolute Gasteiger partial charge is 0.469 e. The van der Waals surface area contributed by atoms with Crippen LogP contribution in [0.1, 0.15) is 25.7 Å². The topological polar surface area (TPSA) is 46.6 Å². The van der Waals surface area contributed by atoms with E-state index in [1.165, 1.54) is 7.11 Å². The van der Waals surface area contributed by atoms with Gasteiger partial charge in [0.2, 0.25) is 5.91 Å². The molecule has 4 nitrogen and oxygen atoms in total. The maximum Gasteiger partial charge on any atom is 0.307 e. The third-order valence-electron chi connectivity index (χ3n) is 3.41. The number of esters is 1. The first-order chi connectivity index (χ1) is 9.70. The van der Waals surface area contributed by atoms with Gasteiger partial charge in [-0.1, -0.05) is 6.07 Å². The van der Waals surface area contributed by atoms with E-state index in [1.807, 2.05) is 22.4 Å². The summed E-state index contributed by atoms with van der Waals surface area (Å²) in [6.45, 7) is 0.755. The predicted molar refractivity (Wildman–Crippen MR) is 81.0 cm³/mol. The van der Waals surface area contributed by atoms with Crippen molar-refractivity contribution >= 4 is 35.0 Å². The van der Waals surface area contributed by atoms with E-state index < -0.39 is 0 Å². The fourth-order valence-electron chi connectivity index (χ4n) is 2.38. The van der Waals surface area contributed by atoms with Crippen LogP contribution in [0.3, 0.4) is 0 Å². The van der Waals surface area contributed by atoms with Gasteiger partial charge in [0.15, 0.2) is 0 Å². The number of rotatable bonds is 5. The molecule has 2 rings (SSSR count). The van der Waals surface area contributed by atoms with Crippen LogP contribution < -0.4 is 0 Å². The van der Waals surface area contributed by atoms with Crippen LogP contribution in [-0.2, 0) is 14.3 Å². The summed E-state index contributed by atoms with van der Waals surface area (Å²) in [5.74, 6) is 0.329. The van der Waals surface area contributed by atoms with E-state index in [2.05, 4.69) is 0 Å². The van der Waals surface area contributed by atoms with Crippen molar-refractivity contribution in [1.82, 2.24) is 4.90 Å². The molecule has 0 spiro atoms. The van der Waals surface area contributed by atoms with Gasteiger partial charge in [0.25, 0.3) is 0 Å². The second kappa shape index (κ2) is 7.69. The highest BCUT2D eigenvalue weighted by molar-refractivity contribution is 8.01. The quantitative estimate of drug-likeness (QED) is 0.619. The lowest BCUT2D eigenvalue weighted by Crippen LogP contribution is -2.45. The van der Waals surface area contributed by atoms with Crippen LogP contribution in [0.5, 0.6) is 0 Å². The molecule has 1 aliphatic rings. The summed E-state index contributed by atoms with van der Waals surface area (Å²) in [6, 6.07) is 4.01. The molecule has 6 heteroatoms. The summed E-state index contributed by atoms with van der Waals surface area (Å²) in [4.78, 5) is 25.6. The highest BCUT2D eigenvalue weighted by atomic mass is 32.2. The van der Waals surface area contributed by atoms with Crippen molar-refractivity contribution < 1.29 is 14.3 Å². The Morgan fingerprint density at radius 3 is 3.05 bits per heavy atom. The molecule has 1 aromatic heterocycles. The van der Waals surface area contributed by atoms with Crippen molar-refractivity contribution in [1.29, 1.82) is 0 Å². The van der Waals surface area contributed by atoms with Gasteiger partial charge in [0.1, 0.15) is 0 Å². The average molecular weight is 313 g/mol. The number of carbonyl (C=O) groups is 2. The molecule has 0 bridgehead atoms. The zero-order chi connectivity index (χ0) is 14.4. The molecular formula is C14H19NO3S2. The molecule has 1 unspecified atom stereocenters. The van der Waals surface area contributed by atoms with Gasteiger partial charge >= 0.3 is 5.97 Å². The predicted octanol–water partition coefficient (Wildman–Crippen LogP) is 2.78. The van der Waals surface area contributed by atoms with Crippen molar-refractivity contribution in [2.45, 2.75) is 35.9 Å². The molecule has 20 heavy (non-hydrogen) atoms. The van der Waals surface area contributed by atoms with Crippen LogP contribution in [0, 0.1) is 0 Å². The number of thioether (sulfide) groups is 1. The fraction of sp³-hybridized carbons (Fsp3) is 0.571. The van der Waals surface area contributed by atoms with Crippen molar-refractivity contribution in [2.24, 2.45) is 0 Å². The Hall–Kier alpha value is -1.01. The van der Waals surface area contributed by atoms with Gasteiger partial charge in [-0.3, -0.25) is 9.59 Å². The summed E-state index contributed by atoms with van der Waals surface area (Å²) in [7, 11) is 1.39. The third-order valence-corrected chi connectivity index (χ3v) is 5.53. The van der Waals surface area contributed by atoms with Crippen LogP contribution in [0.25, 0.3) is 0 Å². The zero-order valence-corrected chi connectivity index (χ0v) is 13.2. The maximum absolute atomic E-state index is 12.3. The van der Waals surface area contributed by atoms with E-state index >= 15 is 0 Å². The fourth-order valence-corrected chi connectivity index (χ4v) is 4.05. The van der Waals surface area contributed by atoms with Gasteiger partial charge in [0.05, 0.1) is 23.5 Å². The summed E-state index contributed by atoms with van der Waals surface area (Å²) in [5, 5.41) is 2.01. The Morgan fingerprint density at radius 2 is 2.35 bits per heavy atom. The number of nitrogens with zero attached hydrogens (tertiary/aromatic N) is 1. The molecule has 2 heterocycles. The summed E-state index contributed by atoms with van der Waals surface area (Å²) < 4.78 is 5.87. The molecule has 0 saturated carbocycles. The van der Waals surface area contributed by atoms with Crippen LogP contribution in [0.4, 0.5) is 0 Å². The molecular weight excluding hydrogens is 294 g/mol. The van der Waals surface area contributed by atoms with E-state index in [0.29, 0.717) is 12.2 Å². The minimum Gasteiger partial charge on any atom is -0.469 e. The summed E-state index contributed by atoms with van der Waals surface area (Å²) in [5.41, 5.74) is 0. The lowest BCUT2D eigenvalue weighted by atomic mass is 9.99. The van der Waals surface area contributed by atoms with E-state index in [-0.39, 0.29) is 17.9 Å². The first-order valence-corrected chi connectivity index (χ1v) is 8.60. The number of likely N-dealkylation sites (tertiary alicyclic amines) is 1. The Morgan fingerprint density at radius 1 is 1.50 bits per heavy atom. The zero-order valence-electron chi connectivity index (χ0n) is 11.5. The second-order valence-corrected chi connectivity index (χ2v) is 6.96. The Bertz CT molecular complexity index is 447. The van der Waals surface area contributed by atoms with Crippen LogP contribution >= 0.6 is 23.1 Å². The van der Waals surface area contributed by atoms with Crippen molar-refractivity contribution in [3.05, 3.63) is 17.5 Å². The number of ether oxygens (including phenoxy) is 1. The smallest absolute Gasteiger partial charge is 0.307 e. The average Bonchev–Trinajstić information content (AvgIpc) is 2.98. The van der Waals surface area contributed by atoms with Crippen molar-refractivity contribution in [2.75, 3.05) is 19.4 Å². The summed E-state index contributed by atoms with van der Waals surface area (Å²) >= 11 is 3.21. The van der Waals surface area contributed by atoms with Crippen LogP contribution in [0.15, 0.2) is 21.7 Å². The minimum atomic E-state index is -0.236. The Labute approximate surface area is 127 Å². The summed E-state index contributed by atoms with van der Waals surface area (Å²) in [6.07, 6.45) is 3.30. The standard InChI is InChI=1S/C14H19NO3S2/c1-18-13(17)9-11-5-2-3-7-15(11)12(16)10-20-14-6-4-8-19-14/h4,6,8,11H,2-3,5,7,9-10H2,1H3. The van der Waals surface area contributed by atoms with Gasteiger partial charge in [-0.15, -0.1) is 23.1 Å². The van der Waals surface area contributed by atoms with Crippen molar-refractivity contribution in [3.8, 4) is 0 Å². The number of hydrogen-bond acceptors (Lipinski definition) is 5. The molecule has 0 N–H and O–H groups in total. The molecule has 0 aliphatic carbocycles. The number of carbonyl (C=O) groups excluding carboxylic acids is 2. The highest BCUT2D eigenvalue weighted by Crippen LogP contribution is 2.26. The normalized spacial score (nSPS) is 18.9. The van der Waals surface area contributed by atoms with Crippen LogP contribution in [0.2, 0.25) is 0 Å². The lowest BCUT2D eigenvalue weighted by Gasteiger charge is -2.35. The maximum atomic E-state index is 12.3. The molecule has 1 aromatic rings. The monoisotopic (exact) mass is 313 g/mol. The minimum absolute atomic E-state index is 0.00707. The Balaban J connectivity index is 1.89. The van der Waals surface area contributed by atoms with Gasteiger partial charge in [-0.25, -0.2) is 0 Å². The Kier molecular flexibility index (Phi) is 5.91. The number of hydrogen-bond donors (Lipinski definition) is 0. The second-order valence-electron chi connectivity index (χ2n) is 4.74. The van der Waals surface area contributed by atoms with E-state index in [0.717, 1.165) is 30.0 Å². The first kappa shape index (κ1) is 15.4. The molecule has 0 aromatic carbocycles. The molecule has 1 aliphatic heterocycles. The number of thiophene rings is 1. The SMILES string of the molecule is COC(=O)CC1CCCCN1C(=O)CSc1cccs1. The van der Waals surface area contributed by atoms with Gasteiger partial charge in [-0.05, 0) is 30.7 Å². The third kappa shape index (κ3) is 4.24. The van der Waals surface area contributed by atoms with Gasteiger partial charge in [-0.2, -0.15) is 0 Å². The van der Waals surface area contributed by atoms with Gasteiger partial charge in [0, 0.05) is 12.6 Å². The van der Waals surface area contributed by atoms with Crippen molar-refractivity contribution in [3.63, 3.8) is 0 Å². The molecule has 1 fully saturated rings. The van der Waals surface area contributed by atoms with E-state index in [1.54, 1.807) is 23.1 Å². The van der Waals surface area contributed by atoms with E-state index in [9.17, 15) is 9.59 Å².